The molecule has 0 spiro atoms. The van der Waals surface area contributed by atoms with Crippen molar-refractivity contribution in [2.24, 2.45) is 0 Å². The van der Waals surface area contributed by atoms with Gasteiger partial charge in [-0.25, -0.2) is 0 Å². The van der Waals surface area contributed by atoms with Crippen LogP contribution >= 0.6 is 0 Å². The molecule has 0 saturated heterocycles. The SMILES string of the molecule is C#Cc1ccc(NC(C)=O)cc1.[Ag+]. The number of hydrogen-bond acceptors (Lipinski definition) is 1. The third-order valence-corrected chi connectivity index (χ3v) is 1.37. The average molecular weight is 267 g/mol. The Labute approximate surface area is 93.2 Å². The molecule has 0 bridgehead atoms. The zero-order valence-corrected chi connectivity index (χ0v) is 8.58. The summed E-state index contributed by atoms with van der Waals surface area (Å²) in [5.74, 6) is 2.41. The number of amides is 1. The normalized spacial score (nSPS) is 8.00. The Morgan fingerprint density at radius 3 is 2.31 bits per heavy atom. The molecule has 0 aliphatic carbocycles. The molecule has 0 aliphatic rings. The van der Waals surface area contributed by atoms with E-state index >= 15 is 0 Å². The van der Waals surface area contributed by atoms with Crippen molar-refractivity contribution < 1.29 is 27.2 Å². The van der Waals surface area contributed by atoms with Gasteiger partial charge in [-0.1, -0.05) is 5.92 Å². The van der Waals surface area contributed by atoms with Gasteiger partial charge in [-0.05, 0) is 24.3 Å². The summed E-state index contributed by atoms with van der Waals surface area (Å²) < 4.78 is 0. The molecule has 70 valence electrons. The second-order valence-electron chi connectivity index (χ2n) is 2.40. The number of benzene rings is 1. The maximum Gasteiger partial charge on any atom is 1.00 e. The molecular weight excluding hydrogens is 258 g/mol. The van der Waals surface area contributed by atoms with Crippen molar-refractivity contribution in [3.05, 3.63) is 29.8 Å². The Kier molecular flexibility index (Phi) is 5.17. The first-order chi connectivity index (χ1) is 5.72. The summed E-state index contributed by atoms with van der Waals surface area (Å²) in [5.41, 5.74) is 1.57. The van der Waals surface area contributed by atoms with Gasteiger partial charge in [0.05, 0.1) is 0 Å². The molecule has 0 atom stereocenters. The van der Waals surface area contributed by atoms with Crippen LogP contribution in [0.4, 0.5) is 5.69 Å². The van der Waals surface area contributed by atoms with Gasteiger partial charge in [-0.2, -0.15) is 0 Å². The average Bonchev–Trinajstić information content (AvgIpc) is 2.05. The number of carbonyl (C=O) groups excluding carboxylic acids is 1. The zero-order chi connectivity index (χ0) is 8.97. The fraction of sp³-hybridized carbons (Fsp3) is 0.100. The van der Waals surface area contributed by atoms with E-state index < -0.39 is 0 Å². The van der Waals surface area contributed by atoms with Crippen molar-refractivity contribution >= 4 is 11.6 Å². The molecule has 1 aromatic rings. The number of rotatable bonds is 1. The molecule has 0 unspecified atom stereocenters. The van der Waals surface area contributed by atoms with Crippen LogP contribution < -0.4 is 5.32 Å². The van der Waals surface area contributed by atoms with Crippen molar-refractivity contribution in [1.29, 1.82) is 0 Å². The molecule has 0 aliphatic heterocycles. The molecule has 0 fully saturated rings. The van der Waals surface area contributed by atoms with E-state index in [2.05, 4.69) is 11.2 Å². The summed E-state index contributed by atoms with van der Waals surface area (Å²) in [5, 5.41) is 2.65. The first-order valence-electron chi connectivity index (χ1n) is 3.56. The minimum atomic E-state index is -0.0801. The molecule has 1 N–H and O–H groups in total. The second kappa shape index (κ2) is 5.60. The Balaban J connectivity index is 0.00000144. The van der Waals surface area contributed by atoms with E-state index in [1.54, 1.807) is 24.3 Å². The molecule has 0 radical (unpaired) electrons. The molecule has 1 rings (SSSR count). The predicted octanol–water partition coefficient (Wildman–Crippen LogP) is 1.62. The Hall–Kier alpha value is -1.01. The second-order valence-corrected chi connectivity index (χ2v) is 2.40. The molecule has 13 heavy (non-hydrogen) atoms. The maximum absolute atomic E-state index is 10.6. The minimum Gasteiger partial charge on any atom is -0.326 e. The molecule has 2 nitrogen and oxygen atoms in total. The van der Waals surface area contributed by atoms with Crippen LogP contribution in [0.2, 0.25) is 0 Å². The molecule has 0 heterocycles. The summed E-state index contributed by atoms with van der Waals surface area (Å²) in [7, 11) is 0. The number of carbonyl (C=O) groups is 1. The number of hydrogen-bond donors (Lipinski definition) is 1. The minimum absolute atomic E-state index is 0. The topological polar surface area (TPSA) is 29.1 Å². The van der Waals surface area contributed by atoms with Crippen LogP contribution in [0, 0.1) is 12.3 Å². The van der Waals surface area contributed by atoms with Gasteiger partial charge in [-0.15, -0.1) is 6.42 Å². The van der Waals surface area contributed by atoms with Crippen molar-refractivity contribution in [2.75, 3.05) is 5.32 Å². The van der Waals surface area contributed by atoms with E-state index in [0.29, 0.717) is 0 Å². The predicted molar refractivity (Wildman–Crippen MR) is 48.7 cm³/mol. The van der Waals surface area contributed by atoms with E-state index in [4.69, 9.17) is 6.42 Å². The summed E-state index contributed by atoms with van der Waals surface area (Å²) in [6.07, 6.45) is 5.16. The van der Waals surface area contributed by atoms with Crippen molar-refractivity contribution in [3.63, 3.8) is 0 Å². The monoisotopic (exact) mass is 266 g/mol. The summed E-state index contributed by atoms with van der Waals surface area (Å²) in [6, 6.07) is 7.11. The van der Waals surface area contributed by atoms with Crippen LogP contribution in [0.25, 0.3) is 0 Å². The molecule has 1 aromatic carbocycles. The van der Waals surface area contributed by atoms with E-state index in [0.717, 1.165) is 11.3 Å². The number of nitrogens with one attached hydrogen (secondary N) is 1. The van der Waals surface area contributed by atoms with Crippen LogP contribution in [0.3, 0.4) is 0 Å². The van der Waals surface area contributed by atoms with Gasteiger partial charge in [0, 0.05) is 18.2 Å². The van der Waals surface area contributed by atoms with Crippen molar-refractivity contribution in [2.45, 2.75) is 6.92 Å². The first kappa shape index (κ1) is 12.0. The smallest absolute Gasteiger partial charge is 0.326 e. The quantitative estimate of drug-likeness (QED) is 0.608. The molecule has 1 amide bonds. The molecular formula is C10H9AgNO+. The fourth-order valence-electron chi connectivity index (χ4n) is 0.853. The summed E-state index contributed by atoms with van der Waals surface area (Å²) in [4.78, 5) is 10.6. The van der Waals surface area contributed by atoms with Gasteiger partial charge in [0.25, 0.3) is 0 Å². The standard InChI is InChI=1S/C10H9NO.Ag/c1-3-9-4-6-10(7-5-9)11-8(2)12;/h1,4-7H,2H3,(H,11,12);/q;+1. The Bertz CT molecular complexity index is 324. The van der Waals surface area contributed by atoms with Gasteiger partial charge >= 0.3 is 22.4 Å². The largest absolute Gasteiger partial charge is 1.00 e. The molecule has 0 saturated carbocycles. The van der Waals surface area contributed by atoms with Gasteiger partial charge in [0.1, 0.15) is 0 Å². The Morgan fingerprint density at radius 1 is 1.38 bits per heavy atom. The van der Waals surface area contributed by atoms with Crippen LogP contribution in [0.15, 0.2) is 24.3 Å². The van der Waals surface area contributed by atoms with Gasteiger partial charge in [0.2, 0.25) is 5.91 Å². The maximum atomic E-state index is 10.6. The number of anilines is 1. The van der Waals surface area contributed by atoms with E-state index in [1.165, 1.54) is 6.92 Å². The van der Waals surface area contributed by atoms with E-state index in [-0.39, 0.29) is 28.3 Å². The van der Waals surface area contributed by atoms with Gasteiger partial charge in [0.15, 0.2) is 0 Å². The van der Waals surface area contributed by atoms with Gasteiger partial charge < -0.3 is 5.32 Å². The first-order valence-corrected chi connectivity index (χ1v) is 3.56. The number of terminal acetylenes is 1. The van der Waals surface area contributed by atoms with Crippen LogP contribution in [0.5, 0.6) is 0 Å². The Morgan fingerprint density at radius 2 is 1.92 bits per heavy atom. The van der Waals surface area contributed by atoms with Crippen LogP contribution in [0.1, 0.15) is 12.5 Å². The fourth-order valence-corrected chi connectivity index (χ4v) is 0.853. The summed E-state index contributed by atoms with van der Waals surface area (Å²) in [6.45, 7) is 1.47. The van der Waals surface area contributed by atoms with E-state index in [9.17, 15) is 4.79 Å². The van der Waals surface area contributed by atoms with Crippen LogP contribution in [-0.2, 0) is 27.2 Å². The molecule has 3 heteroatoms. The van der Waals surface area contributed by atoms with E-state index in [1.807, 2.05) is 0 Å². The van der Waals surface area contributed by atoms with Crippen molar-refractivity contribution in [3.8, 4) is 12.3 Å². The summed E-state index contributed by atoms with van der Waals surface area (Å²) >= 11 is 0. The zero-order valence-electron chi connectivity index (χ0n) is 7.10. The molecule has 0 aromatic heterocycles. The van der Waals surface area contributed by atoms with Crippen molar-refractivity contribution in [1.82, 2.24) is 0 Å². The third-order valence-electron chi connectivity index (χ3n) is 1.37. The van der Waals surface area contributed by atoms with Gasteiger partial charge in [-0.3, -0.25) is 4.79 Å². The third kappa shape index (κ3) is 3.95. The van der Waals surface area contributed by atoms with Crippen LogP contribution in [-0.4, -0.2) is 5.91 Å².